The van der Waals surface area contributed by atoms with Crippen LogP contribution in [0.1, 0.15) is 27.3 Å². The van der Waals surface area contributed by atoms with Gasteiger partial charge in [-0.2, -0.15) is 5.10 Å². The van der Waals surface area contributed by atoms with Crippen LogP contribution in [0.2, 0.25) is 10.0 Å². The van der Waals surface area contributed by atoms with Crippen LogP contribution < -0.4 is 16.0 Å². The maximum atomic E-state index is 12.1. The van der Waals surface area contributed by atoms with Crippen LogP contribution in [-0.4, -0.2) is 41.8 Å². The molecule has 0 fully saturated rings. The summed E-state index contributed by atoms with van der Waals surface area (Å²) in [5, 5.41) is 14.4. The molecule has 2 rings (SSSR count). The van der Waals surface area contributed by atoms with Gasteiger partial charge in [-0.05, 0) is 32.0 Å². The highest BCUT2D eigenvalue weighted by atomic mass is 127. The summed E-state index contributed by atoms with van der Waals surface area (Å²) in [5.74, 6) is 0.446. The standard InChI is InChI=1S/C18H24Cl2N6O.HI/c1-11-14(12(2)26(4)25-11)10-24-18(21-3)23-8-7-22-17(27)13-5-6-15(19)16(20)9-13;/h5-6,9H,7-8,10H2,1-4H3,(H,22,27)(H2,21,23,24);1H. The molecule has 28 heavy (non-hydrogen) atoms. The average Bonchev–Trinajstić information content (AvgIpc) is 2.88. The fourth-order valence-electron chi connectivity index (χ4n) is 2.56. The Morgan fingerprint density at radius 3 is 2.39 bits per heavy atom. The second kappa shape index (κ2) is 11.5. The lowest BCUT2D eigenvalue weighted by Gasteiger charge is -2.13. The van der Waals surface area contributed by atoms with Gasteiger partial charge in [0.15, 0.2) is 5.96 Å². The highest BCUT2D eigenvalue weighted by Gasteiger charge is 2.10. The lowest BCUT2D eigenvalue weighted by molar-refractivity contribution is 0.0954. The number of hydrogen-bond donors (Lipinski definition) is 3. The van der Waals surface area contributed by atoms with Crippen LogP contribution in [0.15, 0.2) is 23.2 Å². The molecule has 1 aromatic carbocycles. The first kappa shape index (κ1) is 24.5. The molecule has 1 aromatic heterocycles. The molecule has 0 bridgehead atoms. The van der Waals surface area contributed by atoms with Crippen molar-refractivity contribution >= 4 is 59.0 Å². The first-order valence-corrected chi connectivity index (χ1v) is 9.26. The minimum atomic E-state index is -0.208. The number of amides is 1. The summed E-state index contributed by atoms with van der Waals surface area (Å²) in [5.41, 5.74) is 3.72. The van der Waals surface area contributed by atoms with Crippen molar-refractivity contribution in [1.29, 1.82) is 0 Å². The molecule has 7 nitrogen and oxygen atoms in total. The summed E-state index contributed by atoms with van der Waals surface area (Å²) in [7, 11) is 3.63. The summed E-state index contributed by atoms with van der Waals surface area (Å²) >= 11 is 11.8. The number of carbonyl (C=O) groups excluding carboxylic acids is 1. The molecule has 2 aromatic rings. The molecule has 10 heteroatoms. The van der Waals surface area contributed by atoms with Crippen LogP contribution in [0.25, 0.3) is 0 Å². The van der Waals surface area contributed by atoms with Crippen molar-refractivity contribution < 1.29 is 4.79 Å². The van der Waals surface area contributed by atoms with E-state index in [1.165, 1.54) is 0 Å². The van der Waals surface area contributed by atoms with Crippen LogP contribution in [0.4, 0.5) is 0 Å². The molecular formula is C18H25Cl2IN6O. The number of carbonyl (C=O) groups is 1. The third kappa shape index (κ3) is 6.52. The van der Waals surface area contributed by atoms with E-state index in [2.05, 4.69) is 26.0 Å². The Balaban J connectivity index is 0.00000392. The predicted molar refractivity (Wildman–Crippen MR) is 125 cm³/mol. The van der Waals surface area contributed by atoms with E-state index in [4.69, 9.17) is 23.2 Å². The number of nitrogens with zero attached hydrogens (tertiary/aromatic N) is 3. The van der Waals surface area contributed by atoms with Crippen molar-refractivity contribution in [2.75, 3.05) is 20.1 Å². The number of hydrogen-bond acceptors (Lipinski definition) is 3. The molecule has 3 N–H and O–H groups in total. The Hall–Kier alpha value is -1.52. The van der Waals surface area contributed by atoms with Gasteiger partial charge in [0.25, 0.3) is 5.91 Å². The van der Waals surface area contributed by atoms with Crippen LogP contribution in [-0.2, 0) is 13.6 Å². The summed E-state index contributed by atoms with van der Waals surface area (Å²) in [6.07, 6.45) is 0. The molecular weight excluding hydrogens is 514 g/mol. The fourth-order valence-corrected chi connectivity index (χ4v) is 2.86. The monoisotopic (exact) mass is 538 g/mol. The Labute approximate surface area is 192 Å². The van der Waals surface area contributed by atoms with Crippen LogP contribution in [0.5, 0.6) is 0 Å². The van der Waals surface area contributed by atoms with Gasteiger partial charge in [-0.15, -0.1) is 24.0 Å². The van der Waals surface area contributed by atoms with E-state index in [9.17, 15) is 4.79 Å². The van der Waals surface area contributed by atoms with Gasteiger partial charge in [0.05, 0.1) is 15.7 Å². The SMILES string of the molecule is CN=C(NCCNC(=O)c1ccc(Cl)c(Cl)c1)NCc1c(C)nn(C)c1C.I. The average molecular weight is 539 g/mol. The Kier molecular flexibility index (Phi) is 10.0. The van der Waals surface area contributed by atoms with Crippen LogP contribution >= 0.6 is 47.2 Å². The van der Waals surface area contributed by atoms with Gasteiger partial charge < -0.3 is 16.0 Å². The molecule has 0 unspecified atom stereocenters. The maximum absolute atomic E-state index is 12.1. The van der Waals surface area contributed by atoms with E-state index in [0.29, 0.717) is 41.2 Å². The first-order valence-electron chi connectivity index (χ1n) is 8.50. The Morgan fingerprint density at radius 2 is 1.82 bits per heavy atom. The second-order valence-corrected chi connectivity index (χ2v) is 6.82. The quantitative estimate of drug-likeness (QED) is 0.228. The fraction of sp³-hybridized carbons (Fsp3) is 0.389. The van der Waals surface area contributed by atoms with E-state index in [-0.39, 0.29) is 29.9 Å². The summed E-state index contributed by atoms with van der Waals surface area (Å²) < 4.78 is 1.86. The highest BCUT2D eigenvalue weighted by Crippen LogP contribution is 2.22. The lowest BCUT2D eigenvalue weighted by Crippen LogP contribution is -2.41. The molecule has 154 valence electrons. The van der Waals surface area contributed by atoms with Crippen LogP contribution in [0, 0.1) is 13.8 Å². The van der Waals surface area contributed by atoms with Gasteiger partial charge in [-0.3, -0.25) is 14.5 Å². The molecule has 0 saturated heterocycles. The molecule has 0 aliphatic heterocycles. The molecule has 0 aliphatic rings. The maximum Gasteiger partial charge on any atom is 0.251 e. The molecule has 0 atom stereocenters. The normalized spacial score (nSPS) is 11.0. The van der Waals surface area contributed by atoms with Gasteiger partial charge in [0.1, 0.15) is 0 Å². The van der Waals surface area contributed by atoms with Gasteiger partial charge in [0, 0.05) is 50.6 Å². The molecule has 0 saturated carbocycles. The number of guanidine groups is 1. The van der Waals surface area contributed by atoms with E-state index >= 15 is 0 Å². The number of aromatic nitrogens is 2. The first-order chi connectivity index (χ1) is 12.8. The molecule has 0 radical (unpaired) electrons. The van der Waals surface area contributed by atoms with E-state index in [1.54, 1.807) is 25.2 Å². The van der Waals surface area contributed by atoms with Gasteiger partial charge >= 0.3 is 0 Å². The van der Waals surface area contributed by atoms with E-state index in [0.717, 1.165) is 17.0 Å². The highest BCUT2D eigenvalue weighted by molar-refractivity contribution is 14.0. The van der Waals surface area contributed by atoms with E-state index in [1.807, 2.05) is 25.6 Å². The third-order valence-electron chi connectivity index (χ3n) is 4.20. The minimum absolute atomic E-state index is 0. The van der Waals surface area contributed by atoms with Gasteiger partial charge in [-0.25, -0.2) is 0 Å². The third-order valence-corrected chi connectivity index (χ3v) is 4.94. The van der Waals surface area contributed by atoms with Crippen LogP contribution in [0.3, 0.4) is 0 Å². The van der Waals surface area contributed by atoms with Crippen molar-refractivity contribution in [3.8, 4) is 0 Å². The molecule has 0 aliphatic carbocycles. The largest absolute Gasteiger partial charge is 0.355 e. The summed E-state index contributed by atoms with van der Waals surface area (Å²) in [6, 6.07) is 4.78. The molecule has 1 amide bonds. The summed E-state index contributed by atoms with van der Waals surface area (Å²) in [4.78, 5) is 16.3. The topological polar surface area (TPSA) is 83.3 Å². The number of aryl methyl sites for hydroxylation is 2. The summed E-state index contributed by atoms with van der Waals surface area (Å²) in [6.45, 7) is 5.60. The van der Waals surface area contributed by atoms with Crippen molar-refractivity contribution in [2.24, 2.45) is 12.0 Å². The lowest BCUT2D eigenvalue weighted by atomic mass is 10.2. The molecule has 1 heterocycles. The van der Waals surface area contributed by atoms with Crippen molar-refractivity contribution in [3.05, 3.63) is 50.8 Å². The van der Waals surface area contributed by atoms with Crippen molar-refractivity contribution in [1.82, 2.24) is 25.7 Å². The smallest absolute Gasteiger partial charge is 0.251 e. The number of nitrogens with one attached hydrogen (secondary N) is 3. The van der Waals surface area contributed by atoms with Crippen molar-refractivity contribution in [2.45, 2.75) is 20.4 Å². The Bertz CT molecular complexity index is 853. The number of aliphatic imine (C=N–C) groups is 1. The minimum Gasteiger partial charge on any atom is -0.355 e. The van der Waals surface area contributed by atoms with Gasteiger partial charge in [-0.1, -0.05) is 23.2 Å². The predicted octanol–water partition coefficient (Wildman–Crippen LogP) is 3.06. The molecule has 0 spiro atoms. The zero-order chi connectivity index (χ0) is 20.0. The van der Waals surface area contributed by atoms with E-state index < -0.39 is 0 Å². The number of benzene rings is 1. The Morgan fingerprint density at radius 1 is 1.14 bits per heavy atom. The van der Waals surface area contributed by atoms with Gasteiger partial charge in [0.2, 0.25) is 0 Å². The number of rotatable bonds is 6. The second-order valence-electron chi connectivity index (χ2n) is 6.01. The van der Waals surface area contributed by atoms with Crippen molar-refractivity contribution in [3.63, 3.8) is 0 Å². The zero-order valence-electron chi connectivity index (χ0n) is 16.3. The number of halogens is 3. The zero-order valence-corrected chi connectivity index (χ0v) is 20.1.